The van der Waals surface area contributed by atoms with E-state index in [0.717, 1.165) is 5.56 Å². The molecular weight excluding hydrogens is 245 g/mol. The van der Waals surface area contributed by atoms with Crippen LogP contribution in [-0.2, 0) is 6.54 Å². The number of nitrogens with zero attached hydrogens (tertiary/aromatic N) is 1. The van der Waals surface area contributed by atoms with Crippen molar-refractivity contribution in [3.63, 3.8) is 0 Å². The summed E-state index contributed by atoms with van der Waals surface area (Å²) in [6, 6.07) is 7.78. The first kappa shape index (κ1) is 13.2. The summed E-state index contributed by atoms with van der Waals surface area (Å²) < 4.78 is 13.6. The smallest absolute Gasteiger partial charge is 0.255 e. The van der Waals surface area contributed by atoms with E-state index in [0.29, 0.717) is 11.3 Å². The number of amides is 1. The Kier molecular flexibility index (Phi) is 3.87. The molecule has 0 bridgehead atoms. The van der Waals surface area contributed by atoms with Gasteiger partial charge in [-0.05, 0) is 36.8 Å². The number of hydrogen-bond donors (Lipinski definition) is 2. The van der Waals surface area contributed by atoms with Gasteiger partial charge in [0.1, 0.15) is 5.82 Å². The Morgan fingerprint density at radius 1 is 1.37 bits per heavy atom. The highest BCUT2D eigenvalue weighted by Gasteiger charge is 2.10. The molecule has 0 radical (unpaired) electrons. The summed E-state index contributed by atoms with van der Waals surface area (Å²) in [6.07, 6.45) is 1.50. The molecule has 1 aromatic heterocycles. The van der Waals surface area contributed by atoms with Gasteiger partial charge < -0.3 is 11.1 Å². The van der Waals surface area contributed by atoms with Crippen molar-refractivity contribution in [3.8, 4) is 0 Å². The number of carbonyl (C=O) groups is 1. The number of halogens is 1. The molecule has 98 valence electrons. The maximum atomic E-state index is 13.6. The molecule has 2 aromatic rings. The number of benzene rings is 1. The molecule has 0 aliphatic heterocycles. The van der Waals surface area contributed by atoms with Crippen molar-refractivity contribution < 1.29 is 9.18 Å². The summed E-state index contributed by atoms with van der Waals surface area (Å²) in [5.41, 5.74) is 7.42. The van der Waals surface area contributed by atoms with Crippen molar-refractivity contribution in [1.29, 1.82) is 0 Å². The van der Waals surface area contributed by atoms with Crippen LogP contribution in [0.15, 0.2) is 36.5 Å². The SMILES string of the molecule is Cc1ccc(NC(=O)c2ccnc(CN)c2)c(F)c1. The molecule has 4 nitrogen and oxygen atoms in total. The van der Waals surface area contributed by atoms with E-state index in [-0.39, 0.29) is 18.1 Å². The molecule has 0 spiro atoms. The predicted molar refractivity (Wildman–Crippen MR) is 71.2 cm³/mol. The Morgan fingerprint density at radius 2 is 2.16 bits per heavy atom. The quantitative estimate of drug-likeness (QED) is 0.888. The van der Waals surface area contributed by atoms with Crippen molar-refractivity contribution in [2.24, 2.45) is 5.73 Å². The first-order valence-electron chi connectivity index (χ1n) is 5.82. The Bertz CT molecular complexity index is 613. The van der Waals surface area contributed by atoms with Crippen LogP contribution in [0.1, 0.15) is 21.6 Å². The van der Waals surface area contributed by atoms with Gasteiger partial charge in [0.25, 0.3) is 5.91 Å². The molecule has 0 aliphatic rings. The van der Waals surface area contributed by atoms with E-state index in [1.54, 1.807) is 25.1 Å². The standard InChI is InChI=1S/C14H14FN3O/c1-9-2-3-13(12(15)6-9)18-14(19)10-4-5-17-11(7-10)8-16/h2-7H,8,16H2,1H3,(H,18,19). The zero-order chi connectivity index (χ0) is 13.8. The molecule has 1 amide bonds. The zero-order valence-electron chi connectivity index (χ0n) is 10.5. The Hall–Kier alpha value is -2.27. The molecule has 19 heavy (non-hydrogen) atoms. The lowest BCUT2D eigenvalue weighted by Crippen LogP contribution is -2.14. The fourth-order valence-electron chi connectivity index (χ4n) is 1.65. The average Bonchev–Trinajstić information content (AvgIpc) is 2.42. The lowest BCUT2D eigenvalue weighted by molar-refractivity contribution is 0.102. The number of hydrogen-bond acceptors (Lipinski definition) is 3. The summed E-state index contributed by atoms with van der Waals surface area (Å²) in [5.74, 6) is -0.846. The second kappa shape index (κ2) is 5.58. The van der Waals surface area contributed by atoms with Gasteiger partial charge in [-0.25, -0.2) is 4.39 Å². The Morgan fingerprint density at radius 3 is 2.84 bits per heavy atom. The van der Waals surface area contributed by atoms with Crippen LogP contribution in [0.4, 0.5) is 10.1 Å². The van der Waals surface area contributed by atoms with Crippen molar-refractivity contribution in [2.75, 3.05) is 5.32 Å². The minimum absolute atomic E-state index is 0.154. The molecule has 0 atom stereocenters. The number of pyridine rings is 1. The molecule has 0 fully saturated rings. The molecule has 0 saturated heterocycles. The lowest BCUT2D eigenvalue weighted by Gasteiger charge is -2.07. The molecule has 3 N–H and O–H groups in total. The minimum atomic E-state index is -0.457. The van der Waals surface area contributed by atoms with Crippen LogP contribution in [0.2, 0.25) is 0 Å². The number of aryl methyl sites for hydroxylation is 1. The highest BCUT2D eigenvalue weighted by atomic mass is 19.1. The molecule has 1 heterocycles. The van der Waals surface area contributed by atoms with Crippen LogP contribution >= 0.6 is 0 Å². The third kappa shape index (κ3) is 3.14. The number of carbonyl (C=O) groups excluding carboxylic acids is 1. The normalized spacial score (nSPS) is 10.3. The summed E-state index contributed by atoms with van der Waals surface area (Å²) in [7, 11) is 0. The van der Waals surface area contributed by atoms with Crippen LogP contribution in [0.5, 0.6) is 0 Å². The van der Waals surface area contributed by atoms with E-state index >= 15 is 0 Å². The highest BCUT2D eigenvalue weighted by molar-refractivity contribution is 6.04. The van der Waals surface area contributed by atoms with E-state index in [9.17, 15) is 9.18 Å². The fraction of sp³-hybridized carbons (Fsp3) is 0.143. The van der Waals surface area contributed by atoms with E-state index in [1.165, 1.54) is 18.3 Å². The molecule has 0 unspecified atom stereocenters. The third-order valence-electron chi connectivity index (χ3n) is 2.66. The molecule has 0 aliphatic carbocycles. The van der Waals surface area contributed by atoms with Gasteiger partial charge in [0, 0.05) is 18.3 Å². The molecule has 1 aromatic carbocycles. The van der Waals surface area contributed by atoms with Gasteiger partial charge in [-0.3, -0.25) is 9.78 Å². The summed E-state index contributed by atoms with van der Waals surface area (Å²) >= 11 is 0. The number of anilines is 1. The molecular formula is C14H14FN3O. The zero-order valence-corrected chi connectivity index (χ0v) is 10.5. The molecule has 0 saturated carbocycles. The van der Waals surface area contributed by atoms with Gasteiger partial charge in [0.2, 0.25) is 0 Å². The topological polar surface area (TPSA) is 68.0 Å². The van der Waals surface area contributed by atoms with Gasteiger partial charge in [-0.2, -0.15) is 0 Å². The van der Waals surface area contributed by atoms with E-state index in [1.807, 2.05) is 0 Å². The summed E-state index contributed by atoms with van der Waals surface area (Å²) in [4.78, 5) is 16.0. The summed E-state index contributed by atoms with van der Waals surface area (Å²) in [5, 5.41) is 2.52. The van der Waals surface area contributed by atoms with Crippen LogP contribution in [-0.4, -0.2) is 10.9 Å². The van der Waals surface area contributed by atoms with Crippen LogP contribution in [0.3, 0.4) is 0 Å². The molecule has 5 heteroatoms. The molecule has 2 rings (SSSR count). The Balaban J connectivity index is 2.20. The van der Waals surface area contributed by atoms with Crippen molar-refractivity contribution >= 4 is 11.6 Å². The van der Waals surface area contributed by atoms with Crippen molar-refractivity contribution in [1.82, 2.24) is 4.98 Å². The average molecular weight is 259 g/mol. The van der Waals surface area contributed by atoms with E-state index < -0.39 is 5.82 Å². The highest BCUT2D eigenvalue weighted by Crippen LogP contribution is 2.16. The lowest BCUT2D eigenvalue weighted by atomic mass is 10.2. The van der Waals surface area contributed by atoms with Crippen LogP contribution in [0, 0.1) is 12.7 Å². The number of nitrogens with one attached hydrogen (secondary N) is 1. The number of nitrogens with two attached hydrogens (primary N) is 1. The van der Waals surface area contributed by atoms with Gasteiger partial charge >= 0.3 is 0 Å². The monoisotopic (exact) mass is 259 g/mol. The van der Waals surface area contributed by atoms with Gasteiger partial charge in [0.15, 0.2) is 0 Å². The van der Waals surface area contributed by atoms with Crippen LogP contribution in [0.25, 0.3) is 0 Å². The number of aromatic nitrogens is 1. The van der Waals surface area contributed by atoms with Gasteiger partial charge in [-0.1, -0.05) is 6.07 Å². The van der Waals surface area contributed by atoms with Gasteiger partial charge in [0.05, 0.1) is 11.4 Å². The third-order valence-corrected chi connectivity index (χ3v) is 2.66. The predicted octanol–water partition coefficient (Wildman–Crippen LogP) is 2.24. The van der Waals surface area contributed by atoms with Crippen molar-refractivity contribution in [3.05, 3.63) is 59.2 Å². The minimum Gasteiger partial charge on any atom is -0.325 e. The first-order valence-corrected chi connectivity index (χ1v) is 5.82. The first-order chi connectivity index (χ1) is 9.10. The second-order valence-electron chi connectivity index (χ2n) is 4.18. The van der Waals surface area contributed by atoms with Gasteiger partial charge in [-0.15, -0.1) is 0 Å². The maximum absolute atomic E-state index is 13.6. The number of rotatable bonds is 3. The van der Waals surface area contributed by atoms with E-state index in [4.69, 9.17) is 5.73 Å². The van der Waals surface area contributed by atoms with Crippen molar-refractivity contribution in [2.45, 2.75) is 13.5 Å². The Labute approximate surface area is 110 Å². The maximum Gasteiger partial charge on any atom is 0.255 e. The largest absolute Gasteiger partial charge is 0.325 e. The second-order valence-corrected chi connectivity index (χ2v) is 4.18. The van der Waals surface area contributed by atoms with E-state index in [2.05, 4.69) is 10.3 Å². The fourth-order valence-corrected chi connectivity index (χ4v) is 1.65. The summed E-state index contributed by atoms with van der Waals surface area (Å²) in [6.45, 7) is 2.03. The van der Waals surface area contributed by atoms with Crippen LogP contribution < -0.4 is 11.1 Å².